The van der Waals surface area contributed by atoms with E-state index >= 15 is 0 Å². The number of hydrogen-bond donors (Lipinski definition) is 2. The normalized spacial score (nSPS) is 13.3. The van der Waals surface area contributed by atoms with Crippen molar-refractivity contribution in [1.29, 1.82) is 0 Å². The lowest BCUT2D eigenvalue weighted by atomic mass is 9.89. The maximum Gasteiger partial charge on any atom is 0.241 e. The van der Waals surface area contributed by atoms with Crippen LogP contribution in [0.2, 0.25) is 0 Å². The zero-order chi connectivity index (χ0) is 19.7. The average Bonchev–Trinajstić information content (AvgIpc) is 2.56. The van der Waals surface area contributed by atoms with Crippen molar-refractivity contribution < 1.29 is 9.53 Å². The highest BCUT2D eigenvalue weighted by Gasteiger charge is 2.24. The molecule has 0 aliphatic rings. The number of carbonyl (C=O) groups excluding carboxylic acids is 1. The van der Waals surface area contributed by atoms with E-state index in [-0.39, 0.29) is 24.0 Å². The number of halogens is 1. The van der Waals surface area contributed by atoms with Gasteiger partial charge in [-0.15, -0.1) is 0 Å². The molecule has 2 N–H and O–H groups in total. The predicted octanol–water partition coefficient (Wildman–Crippen LogP) is 2.63. The molecule has 1 aromatic carbocycles. The molecule has 0 spiro atoms. The summed E-state index contributed by atoms with van der Waals surface area (Å²) in [6.45, 7) is 7.69. The van der Waals surface area contributed by atoms with Gasteiger partial charge in [-0.3, -0.25) is 4.79 Å². The Bertz CT molecular complexity index is 595. The fourth-order valence-corrected chi connectivity index (χ4v) is 2.45. The lowest BCUT2D eigenvalue weighted by Crippen LogP contribution is -2.47. The summed E-state index contributed by atoms with van der Waals surface area (Å²) in [5.74, 6) is 0.580. The Hall–Kier alpha value is -1.60. The standard InChI is InChI=1S/C19H31BrN4O2/c1-19(2,3)16(26-6)12-22-18(23-13-17(25)24(4)5)21-11-14-7-9-15(20)10-8-14/h7-10,16H,11-13H2,1-6H3,(H2,21,22,23). The number of likely N-dealkylation sites (N-methyl/N-ethyl adjacent to an activating group) is 1. The molecular weight excluding hydrogens is 396 g/mol. The van der Waals surface area contributed by atoms with Crippen molar-refractivity contribution in [1.82, 2.24) is 15.5 Å². The number of amides is 1. The van der Waals surface area contributed by atoms with E-state index in [0.29, 0.717) is 19.0 Å². The Morgan fingerprint density at radius 2 is 1.85 bits per heavy atom. The van der Waals surface area contributed by atoms with Crippen LogP contribution in [0.1, 0.15) is 26.3 Å². The van der Waals surface area contributed by atoms with Gasteiger partial charge in [0, 0.05) is 32.2 Å². The molecule has 7 heteroatoms. The van der Waals surface area contributed by atoms with Gasteiger partial charge in [-0.25, -0.2) is 4.99 Å². The largest absolute Gasteiger partial charge is 0.379 e. The van der Waals surface area contributed by atoms with Crippen LogP contribution < -0.4 is 10.6 Å². The van der Waals surface area contributed by atoms with Crippen LogP contribution in [0.25, 0.3) is 0 Å². The monoisotopic (exact) mass is 426 g/mol. The number of carbonyl (C=O) groups is 1. The van der Waals surface area contributed by atoms with Crippen LogP contribution in [-0.2, 0) is 16.1 Å². The molecule has 0 bridgehead atoms. The molecule has 0 radical (unpaired) electrons. The lowest BCUT2D eigenvalue weighted by molar-refractivity contribution is -0.127. The highest BCUT2D eigenvalue weighted by Crippen LogP contribution is 2.20. The molecule has 1 atom stereocenters. The summed E-state index contributed by atoms with van der Waals surface area (Å²) >= 11 is 3.43. The summed E-state index contributed by atoms with van der Waals surface area (Å²) in [5, 5.41) is 6.38. The molecule has 1 rings (SSSR count). The molecule has 0 saturated heterocycles. The Labute approximate surface area is 165 Å². The third-order valence-electron chi connectivity index (χ3n) is 3.94. The van der Waals surface area contributed by atoms with E-state index in [1.165, 1.54) is 0 Å². The van der Waals surface area contributed by atoms with Crippen LogP contribution in [0, 0.1) is 5.41 Å². The summed E-state index contributed by atoms with van der Waals surface area (Å²) < 4.78 is 6.61. The molecule has 0 aromatic heterocycles. The summed E-state index contributed by atoms with van der Waals surface area (Å²) in [6.07, 6.45) is 0.0201. The molecular formula is C19H31BrN4O2. The average molecular weight is 427 g/mol. The highest BCUT2D eigenvalue weighted by atomic mass is 79.9. The fraction of sp³-hybridized carbons (Fsp3) is 0.579. The Morgan fingerprint density at radius 1 is 1.23 bits per heavy atom. The first-order valence-corrected chi connectivity index (χ1v) is 9.42. The summed E-state index contributed by atoms with van der Waals surface area (Å²) in [4.78, 5) is 18.0. The third kappa shape index (κ3) is 8.19. The maximum absolute atomic E-state index is 11.9. The Morgan fingerprint density at radius 3 is 2.35 bits per heavy atom. The van der Waals surface area contributed by atoms with Crippen molar-refractivity contribution in [2.45, 2.75) is 33.4 Å². The molecule has 146 valence electrons. The second-order valence-electron chi connectivity index (χ2n) is 7.40. The molecule has 0 heterocycles. The topological polar surface area (TPSA) is 66.0 Å². The number of aliphatic imine (C=N–C) groups is 1. The summed E-state index contributed by atoms with van der Waals surface area (Å²) in [5.41, 5.74) is 1.09. The minimum atomic E-state index is -0.0118. The van der Waals surface area contributed by atoms with Crippen LogP contribution in [-0.4, -0.2) is 57.2 Å². The van der Waals surface area contributed by atoms with Gasteiger partial charge < -0.3 is 20.3 Å². The molecule has 0 aliphatic carbocycles. The van der Waals surface area contributed by atoms with Crippen molar-refractivity contribution >= 4 is 27.8 Å². The summed E-state index contributed by atoms with van der Waals surface area (Å²) in [7, 11) is 5.17. The van der Waals surface area contributed by atoms with E-state index in [9.17, 15) is 4.79 Å². The first-order chi connectivity index (χ1) is 12.1. The van der Waals surface area contributed by atoms with Crippen LogP contribution >= 0.6 is 15.9 Å². The molecule has 0 saturated carbocycles. The third-order valence-corrected chi connectivity index (χ3v) is 4.47. The van der Waals surface area contributed by atoms with Crippen molar-refractivity contribution in [2.75, 3.05) is 34.3 Å². The number of rotatable bonds is 7. The van der Waals surface area contributed by atoms with Gasteiger partial charge in [0.05, 0.1) is 19.2 Å². The van der Waals surface area contributed by atoms with Crippen molar-refractivity contribution in [3.05, 3.63) is 34.3 Å². The number of guanidine groups is 1. The zero-order valence-corrected chi connectivity index (χ0v) is 18.2. The van der Waals surface area contributed by atoms with E-state index in [1.54, 1.807) is 26.1 Å². The molecule has 1 aromatic rings. The van der Waals surface area contributed by atoms with E-state index in [4.69, 9.17) is 4.74 Å². The van der Waals surface area contributed by atoms with Gasteiger partial charge in [0.1, 0.15) is 0 Å². The lowest BCUT2D eigenvalue weighted by Gasteiger charge is -2.30. The van der Waals surface area contributed by atoms with E-state index in [0.717, 1.165) is 10.0 Å². The second-order valence-corrected chi connectivity index (χ2v) is 8.32. The molecule has 0 aliphatic heterocycles. The van der Waals surface area contributed by atoms with Crippen molar-refractivity contribution in [3.63, 3.8) is 0 Å². The van der Waals surface area contributed by atoms with Gasteiger partial charge in [-0.2, -0.15) is 0 Å². The quantitative estimate of drug-likeness (QED) is 0.519. The van der Waals surface area contributed by atoms with Gasteiger partial charge in [-0.1, -0.05) is 48.8 Å². The van der Waals surface area contributed by atoms with Gasteiger partial charge in [-0.05, 0) is 23.1 Å². The van der Waals surface area contributed by atoms with E-state index < -0.39 is 0 Å². The Kier molecular flexibility index (Phi) is 9.08. The van der Waals surface area contributed by atoms with Crippen LogP contribution in [0.5, 0.6) is 0 Å². The number of nitrogens with zero attached hydrogens (tertiary/aromatic N) is 2. The van der Waals surface area contributed by atoms with Crippen molar-refractivity contribution in [3.8, 4) is 0 Å². The number of methoxy groups -OCH3 is 1. The number of ether oxygens (including phenoxy) is 1. The van der Waals surface area contributed by atoms with E-state index in [2.05, 4.69) is 52.3 Å². The number of hydrogen-bond acceptors (Lipinski definition) is 3. The van der Waals surface area contributed by atoms with Crippen LogP contribution in [0.15, 0.2) is 33.7 Å². The first-order valence-electron chi connectivity index (χ1n) is 8.63. The maximum atomic E-state index is 11.9. The zero-order valence-electron chi connectivity index (χ0n) is 16.6. The van der Waals surface area contributed by atoms with Crippen LogP contribution in [0.3, 0.4) is 0 Å². The highest BCUT2D eigenvalue weighted by molar-refractivity contribution is 9.10. The molecule has 1 amide bonds. The minimum Gasteiger partial charge on any atom is -0.379 e. The molecule has 1 unspecified atom stereocenters. The Balaban J connectivity index is 2.78. The van der Waals surface area contributed by atoms with Crippen molar-refractivity contribution in [2.24, 2.45) is 10.4 Å². The fourth-order valence-electron chi connectivity index (χ4n) is 2.18. The molecule has 26 heavy (non-hydrogen) atoms. The molecule has 0 fully saturated rings. The predicted molar refractivity (Wildman–Crippen MR) is 110 cm³/mol. The number of benzene rings is 1. The number of nitrogens with one attached hydrogen (secondary N) is 2. The van der Waals surface area contributed by atoms with Gasteiger partial charge in [0.25, 0.3) is 0 Å². The van der Waals surface area contributed by atoms with Gasteiger partial charge in [0.2, 0.25) is 5.91 Å². The first kappa shape index (κ1) is 22.4. The SMILES string of the molecule is COC(CNC(=NCc1ccc(Br)cc1)NCC(=O)N(C)C)C(C)(C)C. The van der Waals surface area contributed by atoms with Crippen LogP contribution in [0.4, 0.5) is 0 Å². The second kappa shape index (κ2) is 10.5. The smallest absolute Gasteiger partial charge is 0.241 e. The molecule has 6 nitrogen and oxygen atoms in total. The minimum absolute atomic E-state index is 0.00196. The summed E-state index contributed by atoms with van der Waals surface area (Å²) in [6, 6.07) is 8.01. The van der Waals surface area contributed by atoms with Gasteiger partial charge >= 0.3 is 0 Å². The van der Waals surface area contributed by atoms with Gasteiger partial charge in [0.15, 0.2) is 5.96 Å². The van der Waals surface area contributed by atoms with E-state index in [1.807, 2.05) is 24.3 Å².